The Hall–Kier alpha value is -1.51. The third kappa shape index (κ3) is 4.76. The normalized spacial score (nSPS) is 13.4. The highest BCUT2D eigenvalue weighted by atomic mass is 32.2. The Morgan fingerprint density at radius 2 is 2.00 bits per heavy atom. The van der Waals surface area contributed by atoms with Crippen molar-refractivity contribution in [2.75, 3.05) is 6.54 Å². The molecule has 7 nitrogen and oxygen atoms in total. The summed E-state index contributed by atoms with van der Waals surface area (Å²) in [6, 6.07) is 3.57. The highest BCUT2D eigenvalue weighted by molar-refractivity contribution is 7.89. The molecule has 8 heteroatoms. The highest BCUT2D eigenvalue weighted by Gasteiger charge is 2.28. The monoisotopic (exact) mass is 315 g/mol. The van der Waals surface area contributed by atoms with E-state index in [0.717, 1.165) is 0 Å². The first-order valence-corrected chi connectivity index (χ1v) is 8.13. The number of nitrogens with one attached hydrogen (secondary N) is 1. The predicted molar refractivity (Wildman–Crippen MR) is 80.5 cm³/mol. The number of sulfonamides is 1. The van der Waals surface area contributed by atoms with Crippen molar-refractivity contribution in [1.82, 2.24) is 4.72 Å². The Balaban J connectivity index is 3.16. The average Bonchev–Trinajstić information content (AvgIpc) is 2.36. The zero-order chi connectivity index (χ0) is 16.2. The van der Waals surface area contributed by atoms with Crippen molar-refractivity contribution in [3.63, 3.8) is 0 Å². The fourth-order valence-electron chi connectivity index (χ4n) is 2.04. The first-order chi connectivity index (χ1) is 9.67. The molecule has 118 valence electrons. The van der Waals surface area contributed by atoms with Crippen molar-refractivity contribution in [3.05, 3.63) is 33.9 Å². The molecule has 0 unspecified atom stereocenters. The third-order valence-electron chi connectivity index (χ3n) is 2.96. The molecule has 0 spiro atoms. The molecule has 21 heavy (non-hydrogen) atoms. The molecule has 0 aliphatic rings. The van der Waals surface area contributed by atoms with Gasteiger partial charge in [0.2, 0.25) is 10.0 Å². The number of nitrogens with two attached hydrogens (primary N) is 1. The van der Waals surface area contributed by atoms with E-state index in [0.29, 0.717) is 12.0 Å². The molecule has 0 amide bonds. The number of aryl methyl sites for hydroxylation is 1. The minimum atomic E-state index is -3.98. The Morgan fingerprint density at radius 3 is 2.48 bits per heavy atom. The second-order valence-electron chi connectivity index (χ2n) is 5.41. The molecule has 0 saturated heterocycles. The maximum Gasteiger partial charge on any atom is 0.289 e. The molecule has 1 aromatic carbocycles. The molecule has 1 aromatic rings. The van der Waals surface area contributed by atoms with Crippen LogP contribution in [-0.2, 0) is 10.0 Å². The molecule has 0 aromatic heterocycles. The Kier molecular flexibility index (Phi) is 5.82. The zero-order valence-corrected chi connectivity index (χ0v) is 13.2. The first kappa shape index (κ1) is 17.5. The van der Waals surface area contributed by atoms with E-state index < -0.39 is 26.7 Å². The minimum absolute atomic E-state index is 0.136. The number of nitro groups is 1. The maximum absolute atomic E-state index is 12.3. The number of rotatable bonds is 7. The van der Waals surface area contributed by atoms with Crippen LogP contribution in [0.3, 0.4) is 0 Å². The largest absolute Gasteiger partial charge is 0.329 e. The summed E-state index contributed by atoms with van der Waals surface area (Å²) < 4.78 is 27.1. The quantitative estimate of drug-likeness (QED) is 0.585. The summed E-state index contributed by atoms with van der Waals surface area (Å²) in [6.45, 7) is 5.70. The standard InChI is InChI=1S/C13H21N3O4S/c1-9(2)6-11(8-14)15-21(19,20)13-5-4-10(3)7-12(13)16(17)18/h4-5,7,9,11,15H,6,8,14H2,1-3H3/t11-/m1/s1. The van der Waals surface area contributed by atoms with Crippen LogP contribution < -0.4 is 10.5 Å². The Bertz CT molecular complexity index is 614. The van der Waals surface area contributed by atoms with Gasteiger partial charge in [-0.3, -0.25) is 10.1 Å². The van der Waals surface area contributed by atoms with E-state index >= 15 is 0 Å². The van der Waals surface area contributed by atoms with Crippen molar-refractivity contribution >= 4 is 15.7 Å². The molecule has 0 radical (unpaired) electrons. The number of nitrogens with zero attached hydrogens (tertiary/aromatic N) is 1. The van der Waals surface area contributed by atoms with Gasteiger partial charge in [0, 0.05) is 18.7 Å². The molecule has 0 aliphatic carbocycles. The second kappa shape index (κ2) is 6.97. The summed E-state index contributed by atoms with van der Waals surface area (Å²) in [5.41, 5.74) is 5.76. The molecule has 0 fully saturated rings. The van der Waals surface area contributed by atoms with Gasteiger partial charge >= 0.3 is 0 Å². The number of benzene rings is 1. The average molecular weight is 315 g/mol. The van der Waals surface area contributed by atoms with E-state index in [2.05, 4.69) is 4.72 Å². The number of hydrogen-bond acceptors (Lipinski definition) is 5. The van der Waals surface area contributed by atoms with Crippen LogP contribution >= 0.6 is 0 Å². The lowest BCUT2D eigenvalue weighted by atomic mass is 10.1. The van der Waals surface area contributed by atoms with Gasteiger partial charge in [0.05, 0.1) is 4.92 Å². The lowest BCUT2D eigenvalue weighted by Crippen LogP contribution is -2.41. The molecule has 0 aliphatic heterocycles. The zero-order valence-electron chi connectivity index (χ0n) is 12.4. The van der Waals surface area contributed by atoms with Crippen molar-refractivity contribution < 1.29 is 13.3 Å². The van der Waals surface area contributed by atoms with Gasteiger partial charge in [-0.1, -0.05) is 19.9 Å². The molecule has 1 atom stereocenters. The predicted octanol–water partition coefficient (Wildman–Crippen LogP) is 1.55. The van der Waals surface area contributed by atoms with E-state index in [1.165, 1.54) is 18.2 Å². The van der Waals surface area contributed by atoms with Crippen LogP contribution in [0.15, 0.2) is 23.1 Å². The number of nitro benzene ring substituents is 1. The van der Waals surface area contributed by atoms with Gasteiger partial charge in [0.1, 0.15) is 0 Å². The van der Waals surface area contributed by atoms with Crippen molar-refractivity contribution in [3.8, 4) is 0 Å². The van der Waals surface area contributed by atoms with Crippen molar-refractivity contribution in [2.45, 2.75) is 38.1 Å². The van der Waals surface area contributed by atoms with Crippen molar-refractivity contribution in [1.29, 1.82) is 0 Å². The summed E-state index contributed by atoms with van der Waals surface area (Å²) in [4.78, 5) is 10.0. The summed E-state index contributed by atoms with van der Waals surface area (Å²) >= 11 is 0. The lowest BCUT2D eigenvalue weighted by molar-refractivity contribution is -0.387. The van der Waals surface area contributed by atoms with Crippen LogP contribution in [0.1, 0.15) is 25.8 Å². The molecule has 3 N–H and O–H groups in total. The maximum atomic E-state index is 12.3. The van der Waals surface area contributed by atoms with Gasteiger partial charge < -0.3 is 5.73 Å². The van der Waals surface area contributed by atoms with Crippen LogP contribution in [0.2, 0.25) is 0 Å². The summed E-state index contributed by atoms with van der Waals surface area (Å²) in [5, 5.41) is 11.0. The summed E-state index contributed by atoms with van der Waals surface area (Å²) in [6.07, 6.45) is 0.565. The van der Waals surface area contributed by atoms with Crippen molar-refractivity contribution in [2.24, 2.45) is 11.7 Å². The lowest BCUT2D eigenvalue weighted by Gasteiger charge is -2.18. The van der Waals surface area contributed by atoms with Gasteiger partial charge in [-0.15, -0.1) is 0 Å². The second-order valence-corrected chi connectivity index (χ2v) is 7.09. The minimum Gasteiger partial charge on any atom is -0.329 e. The molecular weight excluding hydrogens is 294 g/mol. The summed E-state index contributed by atoms with van der Waals surface area (Å²) in [5.74, 6) is 0.259. The van der Waals surface area contributed by atoms with Gasteiger partial charge in [-0.2, -0.15) is 0 Å². The molecule has 0 bridgehead atoms. The molecular formula is C13H21N3O4S. The molecule has 0 saturated carbocycles. The fraction of sp³-hybridized carbons (Fsp3) is 0.538. The van der Waals surface area contributed by atoms with E-state index in [1.54, 1.807) is 6.92 Å². The molecule has 0 heterocycles. The topological polar surface area (TPSA) is 115 Å². The Labute approximate surface area is 124 Å². The van der Waals surface area contributed by atoms with Crippen LogP contribution in [0.25, 0.3) is 0 Å². The van der Waals surface area contributed by atoms with Gasteiger partial charge in [0.15, 0.2) is 4.90 Å². The van der Waals surface area contributed by atoms with E-state index in [1.807, 2.05) is 13.8 Å². The highest BCUT2D eigenvalue weighted by Crippen LogP contribution is 2.25. The Morgan fingerprint density at radius 1 is 1.38 bits per heavy atom. The van der Waals surface area contributed by atoms with E-state index in [9.17, 15) is 18.5 Å². The van der Waals surface area contributed by atoms with Gasteiger partial charge in [-0.25, -0.2) is 13.1 Å². The van der Waals surface area contributed by atoms with Crippen LogP contribution in [-0.4, -0.2) is 25.9 Å². The first-order valence-electron chi connectivity index (χ1n) is 6.64. The fourth-order valence-corrected chi connectivity index (χ4v) is 3.46. The van der Waals surface area contributed by atoms with Crippen LogP contribution in [0.5, 0.6) is 0 Å². The number of hydrogen-bond donors (Lipinski definition) is 2. The van der Waals surface area contributed by atoms with Gasteiger partial charge in [-0.05, 0) is 30.9 Å². The van der Waals surface area contributed by atoms with E-state index in [-0.39, 0.29) is 17.4 Å². The van der Waals surface area contributed by atoms with E-state index in [4.69, 9.17) is 5.73 Å². The van der Waals surface area contributed by atoms with Crippen LogP contribution in [0, 0.1) is 23.0 Å². The molecule has 1 rings (SSSR count). The summed E-state index contributed by atoms with van der Waals surface area (Å²) in [7, 11) is -3.98. The van der Waals surface area contributed by atoms with Crippen LogP contribution in [0.4, 0.5) is 5.69 Å². The van der Waals surface area contributed by atoms with Gasteiger partial charge in [0.25, 0.3) is 5.69 Å². The SMILES string of the molecule is Cc1ccc(S(=O)(=O)N[C@@H](CN)CC(C)C)c([N+](=O)[O-])c1. The third-order valence-corrected chi connectivity index (χ3v) is 4.53. The smallest absolute Gasteiger partial charge is 0.289 e.